The Kier molecular flexibility index (Phi) is 7.28. The second-order valence-electron chi connectivity index (χ2n) is 5.63. The summed E-state index contributed by atoms with van der Waals surface area (Å²) in [5, 5.41) is -0.377. The summed E-state index contributed by atoms with van der Waals surface area (Å²) >= 11 is 6.91. The van der Waals surface area contributed by atoms with Gasteiger partial charge in [-0.05, 0) is 29.8 Å². The van der Waals surface area contributed by atoms with Crippen molar-refractivity contribution in [2.24, 2.45) is 0 Å². The third kappa shape index (κ3) is 6.63. The van der Waals surface area contributed by atoms with Crippen LogP contribution in [0.3, 0.4) is 0 Å². The van der Waals surface area contributed by atoms with Crippen molar-refractivity contribution in [3.05, 3.63) is 65.2 Å². The first-order valence-electron chi connectivity index (χ1n) is 7.77. The summed E-state index contributed by atoms with van der Waals surface area (Å²) in [4.78, 5) is 12.6. The van der Waals surface area contributed by atoms with Gasteiger partial charge in [0.05, 0.1) is 6.42 Å². The lowest BCUT2D eigenvalue weighted by molar-refractivity contribution is -0.313. The number of rotatable bonds is 6. The summed E-state index contributed by atoms with van der Waals surface area (Å²) in [7, 11) is 0. The average molecular weight is 443 g/mol. The van der Waals surface area contributed by atoms with E-state index in [1.807, 2.05) is 0 Å². The maximum atomic E-state index is 12.6. The third-order valence-corrected chi connectivity index (χ3v) is 4.98. The lowest BCUT2D eigenvalue weighted by Crippen LogP contribution is -2.45. The summed E-state index contributed by atoms with van der Waals surface area (Å²) < 4.78 is 79.4. The molecule has 0 spiro atoms. The van der Waals surface area contributed by atoms with Gasteiger partial charge < -0.3 is 4.74 Å². The zero-order valence-electron chi connectivity index (χ0n) is 13.9. The lowest BCUT2D eigenvalue weighted by Gasteiger charge is -2.24. The first-order valence-corrected chi connectivity index (χ1v) is 9.02. The predicted octanol–water partition coefficient (Wildman–Crippen LogP) is 6.60. The van der Waals surface area contributed by atoms with Crippen LogP contribution in [0.1, 0.15) is 17.2 Å². The number of hydrogen-bond donors (Lipinski definition) is 0. The SMILES string of the molecule is O=C(C[C@H](Sc1ccccc1)c1ccc(Cl)cc1)OC(C(F)(F)F)C(F)(F)F. The van der Waals surface area contributed by atoms with Crippen LogP contribution in [0, 0.1) is 0 Å². The van der Waals surface area contributed by atoms with E-state index in [1.165, 1.54) is 12.1 Å². The van der Waals surface area contributed by atoms with Gasteiger partial charge in [0.15, 0.2) is 0 Å². The molecule has 2 nitrogen and oxygen atoms in total. The van der Waals surface area contributed by atoms with Crippen LogP contribution in [-0.2, 0) is 9.53 Å². The normalized spacial score (nSPS) is 13.4. The Hall–Kier alpha value is -1.87. The van der Waals surface area contributed by atoms with Gasteiger partial charge in [0, 0.05) is 15.2 Å². The Morgan fingerprint density at radius 1 is 0.929 bits per heavy atom. The van der Waals surface area contributed by atoms with Crippen molar-refractivity contribution < 1.29 is 35.9 Å². The molecule has 2 aromatic rings. The van der Waals surface area contributed by atoms with Crippen molar-refractivity contribution in [1.29, 1.82) is 0 Å². The molecule has 0 fully saturated rings. The van der Waals surface area contributed by atoms with Gasteiger partial charge >= 0.3 is 18.3 Å². The van der Waals surface area contributed by atoms with Gasteiger partial charge in [-0.3, -0.25) is 4.79 Å². The molecule has 0 aliphatic carbocycles. The molecule has 2 rings (SSSR count). The molecule has 0 unspecified atom stereocenters. The quantitative estimate of drug-likeness (QED) is 0.286. The van der Waals surface area contributed by atoms with E-state index in [0.717, 1.165) is 11.8 Å². The smallest absolute Gasteiger partial charge is 0.434 e. The maximum absolute atomic E-state index is 12.6. The van der Waals surface area contributed by atoms with Crippen LogP contribution in [0.25, 0.3) is 0 Å². The Bertz CT molecular complexity index is 763. The van der Waals surface area contributed by atoms with E-state index in [4.69, 9.17) is 11.6 Å². The van der Waals surface area contributed by atoms with Gasteiger partial charge in [0.1, 0.15) is 0 Å². The van der Waals surface area contributed by atoms with Crippen LogP contribution >= 0.6 is 23.4 Å². The van der Waals surface area contributed by atoms with E-state index in [0.29, 0.717) is 15.5 Å². The van der Waals surface area contributed by atoms with Crippen molar-refractivity contribution in [2.75, 3.05) is 0 Å². The van der Waals surface area contributed by atoms with E-state index in [1.54, 1.807) is 42.5 Å². The van der Waals surface area contributed by atoms with Gasteiger partial charge in [-0.2, -0.15) is 26.3 Å². The maximum Gasteiger partial charge on any atom is 0.434 e. The number of thioether (sulfide) groups is 1. The second-order valence-corrected chi connectivity index (χ2v) is 7.34. The monoisotopic (exact) mass is 442 g/mol. The summed E-state index contributed by atoms with van der Waals surface area (Å²) in [5.74, 6) is -1.61. The fraction of sp³-hybridized carbons (Fsp3) is 0.278. The molecule has 2 aromatic carbocycles. The molecule has 0 radical (unpaired) electrons. The number of carbonyl (C=O) groups excluding carboxylic acids is 1. The molecule has 0 amide bonds. The first-order chi connectivity index (χ1) is 13.0. The van der Waals surface area contributed by atoms with Crippen LogP contribution in [-0.4, -0.2) is 24.4 Å². The fourth-order valence-electron chi connectivity index (χ4n) is 2.22. The standard InChI is InChI=1S/C18H13ClF6O2S/c19-12-8-6-11(7-9-12)14(28-13-4-2-1-3-5-13)10-15(26)27-16(17(20,21)22)18(23,24)25/h1-9,14,16H,10H2/t14-/m0/s1. The van der Waals surface area contributed by atoms with E-state index >= 15 is 0 Å². The minimum atomic E-state index is -5.75. The number of benzene rings is 2. The number of alkyl halides is 6. The molecular formula is C18H13ClF6O2S. The van der Waals surface area contributed by atoms with Crippen LogP contribution in [0.15, 0.2) is 59.5 Å². The highest BCUT2D eigenvalue weighted by atomic mass is 35.5. The van der Waals surface area contributed by atoms with E-state index in [9.17, 15) is 31.1 Å². The van der Waals surface area contributed by atoms with Gasteiger partial charge in [-0.25, -0.2) is 0 Å². The molecule has 0 aromatic heterocycles. The Morgan fingerprint density at radius 3 is 1.96 bits per heavy atom. The Balaban J connectivity index is 2.21. The third-order valence-electron chi connectivity index (χ3n) is 3.46. The predicted molar refractivity (Wildman–Crippen MR) is 93.1 cm³/mol. The molecule has 10 heteroatoms. The van der Waals surface area contributed by atoms with Crippen LogP contribution < -0.4 is 0 Å². The Morgan fingerprint density at radius 2 is 1.46 bits per heavy atom. The highest BCUT2D eigenvalue weighted by molar-refractivity contribution is 7.99. The van der Waals surface area contributed by atoms with Crippen molar-refractivity contribution in [2.45, 2.75) is 35.0 Å². The number of hydrogen-bond acceptors (Lipinski definition) is 3. The topological polar surface area (TPSA) is 26.3 Å². The number of ether oxygens (including phenoxy) is 1. The molecule has 0 saturated heterocycles. The number of halogens is 7. The zero-order chi connectivity index (χ0) is 20.9. The summed E-state index contributed by atoms with van der Waals surface area (Å²) in [5.41, 5.74) is 0.505. The summed E-state index contributed by atoms with van der Waals surface area (Å²) in [6.07, 6.45) is -16.4. The summed E-state index contributed by atoms with van der Waals surface area (Å²) in [6, 6.07) is 14.7. The molecule has 28 heavy (non-hydrogen) atoms. The minimum absolute atomic E-state index is 0.393. The molecule has 0 aliphatic heterocycles. The van der Waals surface area contributed by atoms with E-state index in [-0.39, 0.29) is 0 Å². The van der Waals surface area contributed by atoms with Gasteiger partial charge in [0.2, 0.25) is 0 Å². The Labute approximate surface area is 165 Å². The molecule has 152 valence electrons. The number of carbonyl (C=O) groups is 1. The van der Waals surface area contributed by atoms with Gasteiger partial charge in [0.25, 0.3) is 6.10 Å². The highest BCUT2D eigenvalue weighted by Gasteiger charge is 2.59. The van der Waals surface area contributed by atoms with E-state index < -0.39 is 36.1 Å². The largest absolute Gasteiger partial charge is 0.443 e. The molecular weight excluding hydrogens is 430 g/mol. The van der Waals surface area contributed by atoms with Crippen LogP contribution in [0.4, 0.5) is 26.3 Å². The molecule has 0 saturated carbocycles. The highest BCUT2D eigenvalue weighted by Crippen LogP contribution is 2.40. The average Bonchev–Trinajstić information content (AvgIpc) is 2.59. The van der Waals surface area contributed by atoms with Crippen LogP contribution in [0.5, 0.6) is 0 Å². The van der Waals surface area contributed by atoms with E-state index in [2.05, 4.69) is 4.74 Å². The lowest BCUT2D eigenvalue weighted by atomic mass is 10.1. The molecule has 0 bridgehead atoms. The molecule has 0 aliphatic rings. The van der Waals surface area contributed by atoms with Crippen molar-refractivity contribution in [3.63, 3.8) is 0 Å². The van der Waals surface area contributed by atoms with Crippen molar-refractivity contribution in [3.8, 4) is 0 Å². The van der Waals surface area contributed by atoms with Crippen molar-refractivity contribution in [1.82, 2.24) is 0 Å². The van der Waals surface area contributed by atoms with Crippen LogP contribution in [0.2, 0.25) is 5.02 Å². The van der Waals surface area contributed by atoms with Gasteiger partial charge in [-0.1, -0.05) is 41.9 Å². The minimum Gasteiger partial charge on any atom is -0.443 e. The summed E-state index contributed by atoms with van der Waals surface area (Å²) in [6.45, 7) is 0. The number of esters is 1. The second kappa shape index (κ2) is 9.09. The molecule has 0 N–H and O–H groups in total. The first kappa shape index (κ1) is 22.4. The zero-order valence-corrected chi connectivity index (χ0v) is 15.5. The van der Waals surface area contributed by atoms with Gasteiger partial charge in [-0.15, -0.1) is 11.8 Å². The fourth-order valence-corrected chi connectivity index (χ4v) is 3.50. The van der Waals surface area contributed by atoms with Crippen molar-refractivity contribution >= 4 is 29.3 Å². The molecule has 0 heterocycles. The molecule has 1 atom stereocenters.